The van der Waals surface area contributed by atoms with Crippen molar-refractivity contribution in [2.45, 2.75) is 105 Å². The van der Waals surface area contributed by atoms with Crippen LogP contribution in [0.3, 0.4) is 0 Å². The lowest BCUT2D eigenvalue weighted by Gasteiger charge is -2.29. The van der Waals surface area contributed by atoms with E-state index in [1.54, 1.807) is 0 Å². The van der Waals surface area contributed by atoms with Gasteiger partial charge in [0.05, 0.1) is 0 Å². The molecule has 2 saturated carbocycles. The van der Waals surface area contributed by atoms with Crippen LogP contribution in [0.15, 0.2) is 12.2 Å². The number of hydrogen-bond acceptors (Lipinski definition) is 4. The van der Waals surface area contributed by atoms with Gasteiger partial charge in [-0.15, -0.1) is 0 Å². The van der Waals surface area contributed by atoms with E-state index >= 15 is 0 Å². The number of rotatable bonds is 12. The summed E-state index contributed by atoms with van der Waals surface area (Å²) in [5.41, 5.74) is -0.133. The van der Waals surface area contributed by atoms with Crippen molar-refractivity contribution in [2.75, 3.05) is 13.2 Å². The van der Waals surface area contributed by atoms with Crippen LogP contribution in [0.25, 0.3) is 0 Å². The van der Waals surface area contributed by atoms with Gasteiger partial charge >= 0.3 is 0 Å². The van der Waals surface area contributed by atoms with Gasteiger partial charge in [0.1, 0.15) is 11.6 Å². The fraction of sp³-hybridized carbons (Fsp3) is 0.857. The van der Waals surface area contributed by atoms with E-state index in [-0.39, 0.29) is 47.7 Å². The number of hydrogen-bond donors (Lipinski definition) is 2. The Hall–Kier alpha value is -1.00. The molecule has 0 radical (unpaired) electrons. The molecular weight excluding hydrogens is 400 g/mol. The number of aliphatic hydroxyl groups excluding tert-OH is 2. The van der Waals surface area contributed by atoms with Crippen molar-refractivity contribution in [3.05, 3.63) is 12.2 Å². The summed E-state index contributed by atoms with van der Waals surface area (Å²) in [7, 11) is 0. The van der Waals surface area contributed by atoms with Crippen molar-refractivity contribution in [1.82, 2.24) is 0 Å². The van der Waals surface area contributed by atoms with Crippen LogP contribution >= 0.6 is 0 Å². The van der Waals surface area contributed by atoms with Gasteiger partial charge in [-0.25, -0.2) is 0 Å². The molecule has 2 N–H and O–H groups in total. The largest absolute Gasteiger partial charge is 0.396 e. The molecule has 0 aliphatic heterocycles. The maximum atomic E-state index is 13.0. The zero-order valence-electron chi connectivity index (χ0n) is 21.1. The molecule has 0 aromatic rings. The second-order valence-electron chi connectivity index (χ2n) is 12.1. The summed E-state index contributed by atoms with van der Waals surface area (Å²) in [4.78, 5) is 26.1. The maximum Gasteiger partial charge on any atom is 0.142 e. The Morgan fingerprint density at radius 2 is 1.09 bits per heavy atom. The van der Waals surface area contributed by atoms with Gasteiger partial charge in [-0.05, 0) is 62.2 Å². The van der Waals surface area contributed by atoms with Crippen LogP contribution in [0, 0.1) is 34.5 Å². The maximum absolute atomic E-state index is 13.0. The summed E-state index contributed by atoms with van der Waals surface area (Å²) in [6.07, 6.45) is 15.8. The quantitative estimate of drug-likeness (QED) is 0.365. The second-order valence-corrected chi connectivity index (χ2v) is 12.1. The first-order chi connectivity index (χ1) is 15.1. The first-order valence-corrected chi connectivity index (χ1v) is 13.1. The van der Waals surface area contributed by atoms with E-state index in [1.165, 1.54) is 0 Å². The molecule has 0 spiro atoms. The van der Waals surface area contributed by atoms with Gasteiger partial charge in [0.15, 0.2) is 0 Å². The molecule has 2 aliphatic rings. The second kappa shape index (κ2) is 12.5. The highest BCUT2D eigenvalue weighted by Crippen LogP contribution is 2.35. The Bertz CT molecular complexity index is 579. The standard InChI is InChI=1S/C28H48O4/c1-27(2,19-29)17-7-13-21-9-5-11-23(25(21)31)15-16-24-12-6-10-22(26(24)32)14-8-18-28(3,4)20-30/h15-16,21-24,29-30H,5-14,17-20H2,1-4H3/b16-15-. The molecule has 0 amide bonds. The highest BCUT2D eigenvalue weighted by atomic mass is 16.3. The monoisotopic (exact) mass is 448 g/mol. The smallest absolute Gasteiger partial charge is 0.142 e. The van der Waals surface area contributed by atoms with Gasteiger partial charge < -0.3 is 10.2 Å². The number of aliphatic hydroxyl groups is 2. The van der Waals surface area contributed by atoms with Crippen LogP contribution in [0.2, 0.25) is 0 Å². The highest BCUT2D eigenvalue weighted by molar-refractivity contribution is 5.87. The van der Waals surface area contributed by atoms with Crippen LogP contribution in [0.4, 0.5) is 0 Å². The minimum absolute atomic E-state index is 0.0295. The molecule has 4 atom stereocenters. The third kappa shape index (κ3) is 8.41. The van der Waals surface area contributed by atoms with Crippen LogP contribution in [0.5, 0.6) is 0 Å². The normalized spacial score (nSPS) is 27.9. The van der Waals surface area contributed by atoms with Crippen molar-refractivity contribution in [1.29, 1.82) is 0 Å². The Morgan fingerprint density at radius 1 is 0.719 bits per heavy atom. The first kappa shape index (κ1) is 27.2. The number of ketones is 2. The number of carbonyl (C=O) groups is 2. The molecule has 0 aromatic carbocycles. The minimum Gasteiger partial charge on any atom is -0.396 e. The molecule has 4 unspecified atom stereocenters. The zero-order valence-corrected chi connectivity index (χ0v) is 21.1. The van der Waals surface area contributed by atoms with E-state index in [0.717, 1.165) is 77.0 Å². The number of Topliss-reactive ketones (excluding diaryl/α,β-unsaturated/α-hetero) is 2. The highest BCUT2D eigenvalue weighted by Gasteiger charge is 2.32. The van der Waals surface area contributed by atoms with Crippen LogP contribution in [-0.2, 0) is 9.59 Å². The molecule has 0 aromatic heterocycles. The summed E-state index contributed by atoms with van der Waals surface area (Å²) >= 11 is 0. The summed E-state index contributed by atoms with van der Waals surface area (Å²) < 4.78 is 0. The average Bonchev–Trinajstić information content (AvgIpc) is 2.76. The summed E-state index contributed by atoms with van der Waals surface area (Å²) in [6.45, 7) is 8.66. The third-order valence-corrected chi connectivity index (χ3v) is 7.92. The fourth-order valence-corrected chi connectivity index (χ4v) is 5.38. The average molecular weight is 449 g/mol. The van der Waals surface area contributed by atoms with E-state index in [9.17, 15) is 19.8 Å². The van der Waals surface area contributed by atoms with Gasteiger partial charge in [0, 0.05) is 36.9 Å². The third-order valence-electron chi connectivity index (χ3n) is 7.92. The van der Waals surface area contributed by atoms with Crippen molar-refractivity contribution in [3.8, 4) is 0 Å². The van der Waals surface area contributed by atoms with Gasteiger partial charge in [-0.3, -0.25) is 9.59 Å². The van der Waals surface area contributed by atoms with E-state index in [2.05, 4.69) is 39.8 Å². The van der Waals surface area contributed by atoms with Crippen LogP contribution in [0.1, 0.15) is 105 Å². The molecule has 32 heavy (non-hydrogen) atoms. The van der Waals surface area contributed by atoms with Crippen LogP contribution in [-0.4, -0.2) is 35.0 Å². The zero-order chi connectivity index (χ0) is 23.8. The van der Waals surface area contributed by atoms with E-state index in [4.69, 9.17) is 0 Å². The summed E-state index contributed by atoms with van der Waals surface area (Å²) in [5, 5.41) is 18.9. The van der Waals surface area contributed by atoms with E-state index in [0.29, 0.717) is 11.6 Å². The van der Waals surface area contributed by atoms with Gasteiger partial charge in [-0.2, -0.15) is 0 Å². The fourth-order valence-electron chi connectivity index (χ4n) is 5.38. The lowest BCUT2D eigenvalue weighted by molar-refractivity contribution is -0.129. The van der Waals surface area contributed by atoms with Crippen molar-refractivity contribution < 1.29 is 19.8 Å². The molecule has 184 valence electrons. The SMILES string of the molecule is CC(C)(CO)CCCC1CCCC(/C=C\C2CCCC(CCCC(C)(C)CO)C2=O)C1=O. The molecule has 0 heterocycles. The molecule has 4 nitrogen and oxygen atoms in total. The van der Waals surface area contributed by atoms with Gasteiger partial charge in [0.25, 0.3) is 0 Å². The predicted molar refractivity (Wildman–Crippen MR) is 130 cm³/mol. The number of carbonyl (C=O) groups excluding carboxylic acids is 2. The van der Waals surface area contributed by atoms with Gasteiger partial charge in [-0.1, -0.05) is 65.5 Å². The topological polar surface area (TPSA) is 74.6 Å². The lowest BCUT2D eigenvalue weighted by atomic mass is 9.74. The van der Waals surface area contributed by atoms with Crippen molar-refractivity contribution >= 4 is 11.6 Å². The Morgan fingerprint density at radius 3 is 1.44 bits per heavy atom. The van der Waals surface area contributed by atoms with Crippen LogP contribution < -0.4 is 0 Å². The lowest BCUT2D eigenvalue weighted by Crippen LogP contribution is -2.30. The van der Waals surface area contributed by atoms with Gasteiger partial charge in [0.2, 0.25) is 0 Å². The molecule has 2 aliphatic carbocycles. The van der Waals surface area contributed by atoms with Crippen molar-refractivity contribution in [2.24, 2.45) is 34.5 Å². The molecule has 0 bridgehead atoms. The van der Waals surface area contributed by atoms with E-state index in [1.807, 2.05) is 0 Å². The minimum atomic E-state index is -0.0667. The molecular formula is C28H48O4. The van der Waals surface area contributed by atoms with E-state index < -0.39 is 0 Å². The Kier molecular flexibility index (Phi) is 10.6. The molecule has 0 saturated heterocycles. The predicted octanol–water partition coefficient (Wildman–Crippen LogP) is 5.89. The number of allylic oxidation sites excluding steroid dienone is 2. The first-order valence-electron chi connectivity index (χ1n) is 13.1. The Balaban J connectivity index is 1.85. The summed E-state index contributed by atoms with van der Waals surface area (Å²) in [6, 6.07) is 0. The molecule has 2 fully saturated rings. The van der Waals surface area contributed by atoms with Crippen molar-refractivity contribution in [3.63, 3.8) is 0 Å². The molecule has 4 heteroatoms. The summed E-state index contributed by atoms with van der Waals surface area (Å²) in [5.74, 6) is 0.937. The molecule has 2 rings (SSSR count). The Labute approximate surface area is 196 Å².